The molecule has 0 heterocycles. The second-order valence-corrected chi connectivity index (χ2v) is 5.73. The molecule has 23 heavy (non-hydrogen) atoms. The molecule has 3 nitrogen and oxygen atoms in total. The molecule has 0 aliphatic heterocycles. The van der Waals surface area contributed by atoms with Crippen molar-refractivity contribution in [1.29, 1.82) is 0 Å². The fraction of sp³-hybridized carbons (Fsp3) is 0.300. The third kappa shape index (κ3) is 3.19. The molecule has 118 valence electrons. The molecule has 0 fully saturated rings. The molecule has 2 aromatic rings. The van der Waals surface area contributed by atoms with Gasteiger partial charge in [-0.15, -0.1) is 0 Å². The van der Waals surface area contributed by atoms with E-state index in [-0.39, 0.29) is 5.78 Å². The zero-order chi connectivity index (χ0) is 16.2. The van der Waals surface area contributed by atoms with Crippen molar-refractivity contribution in [3.63, 3.8) is 0 Å². The van der Waals surface area contributed by atoms with Crippen LogP contribution in [0.4, 0.5) is 11.4 Å². The number of fused-ring (bicyclic) bond motifs is 1. The van der Waals surface area contributed by atoms with E-state index < -0.39 is 0 Å². The molecule has 0 bridgehead atoms. The van der Waals surface area contributed by atoms with Gasteiger partial charge in [0.05, 0.1) is 11.4 Å². The molecular weight excluding hydrogens is 284 g/mol. The van der Waals surface area contributed by atoms with E-state index in [1.54, 1.807) is 0 Å². The second kappa shape index (κ2) is 6.78. The zero-order valence-electron chi connectivity index (χ0n) is 13.7. The van der Waals surface area contributed by atoms with E-state index in [0.29, 0.717) is 12.1 Å². The second-order valence-electron chi connectivity index (χ2n) is 5.73. The number of hydrogen-bond donors (Lipinski definition) is 0. The monoisotopic (exact) mass is 306 g/mol. The summed E-state index contributed by atoms with van der Waals surface area (Å²) in [7, 11) is 0. The van der Waals surface area contributed by atoms with Crippen LogP contribution in [0, 0.1) is 0 Å². The summed E-state index contributed by atoms with van der Waals surface area (Å²) in [6.07, 6.45) is 1.60. The van der Waals surface area contributed by atoms with Crippen LogP contribution in [0.25, 0.3) is 0 Å². The summed E-state index contributed by atoms with van der Waals surface area (Å²) < 4.78 is 0. The third-order valence-electron chi connectivity index (χ3n) is 4.40. The van der Waals surface area contributed by atoms with E-state index in [1.165, 1.54) is 5.69 Å². The summed E-state index contributed by atoms with van der Waals surface area (Å²) in [6, 6.07) is 16.0. The largest absolute Gasteiger partial charge is 0.372 e. The van der Waals surface area contributed by atoms with Crippen molar-refractivity contribution in [3.05, 3.63) is 59.7 Å². The molecule has 0 aromatic heterocycles. The maximum absolute atomic E-state index is 12.5. The van der Waals surface area contributed by atoms with Crippen LogP contribution in [-0.2, 0) is 6.42 Å². The Balaban J connectivity index is 1.84. The van der Waals surface area contributed by atoms with Gasteiger partial charge < -0.3 is 4.90 Å². The number of Topliss-reactive ketones (excluding diaryl/α,β-unsaturated/α-hetero) is 1. The number of ketones is 1. The maximum Gasteiger partial charge on any atom is 0.207 e. The number of aryl methyl sites for hydroxylation is 1. The highest BCUT2D eigenvalue weighted by atomic mass is 16.1. The van der Waals surface area contributed by atoms with Crippen molar-refractivity contribution in [2.75, 3.05) is 18.0 Å². The minimum Gasteiger partial charge on any atom is -0.372 e. The fourth-order valence-electron chi connectivity index (χ4n) is 3.07. The van der Waals surface area contributed by atoms with Crippen molar-refractivity contribution in [2.45, 2.75) is 26.7 Å². The molecule has 0 saturated heterocycles. The van der Waals surface area contributed by atoms with Gasteiger partial charge in [-0.25, -0.2) is 4.99 Å². The molecule has 0 amide bonds. The summed E-state index contributed by atoms with van der Waals surface area (Å²) in [5.74, 6) is 0.0691. The van der Waals surface area contributed by atoms with Gasteiger partial charge >= 0.3 is 0 Å². The van der Waals surface area contributed by atoms with Gasteiger partial charge in [-0.3, -0.25) is 4.79 Å². The number of benzene rings is 2. The lowest BCUT2D eigenvalue weighted by Gasteiger charge is -2.21. The van der Waals surface area contributed by atoms with Crippen LogP contribution in [0.2, 0.25) is 0 Å². The molecule has 0 atom stereocenters. The summed E-state index contributed by atoms with van der Waals surface area (Å²) in [6.45, 7) is 6.27. The molecule has 3 rings (SSSR count). The summed E-state index contributed by atoms with van der Waals surface area (Å²) in [4.78, 5) is 19.4. The van der Waals surface area contributed by atoms with Gasteiger partial charge in [-0.2, -0.15) is 0 Å². The summed E-state index contributed by atoms with van der Waals surface area (Å²) in [5, 5.41) is 0. The van der Waals surface area contributed by atoms with Gasteiger partial charge in [-0.05, 0) is 56.5 Å². The molecule has 0 saturated carbocycles. The van der Waals surface area contributed by atoms with Crippen molar-refractivity contribution >= 4 is 22.9 Å². The first-order valence-electron chi connectivity index (χ1n) is 8.28. The summed E-state index contributed by atoms with van der Waals surface area (Å²) in [5.41, 5.74) is 4.65. The SMILES string of the molecule is CCN(CC)c1ccc(N=C2CCc3ccccc3C2=O)cc1. The summed E-state index contributed by atoms with van der Waals surface area (Å²) >= 11 is 0. The lowest BCUT2D eigenvalue weighted by Crippen LogP contribution is -2.22. The molecule has 0 spiro atoms. The minimum absolute atomic E-state index is 0.0691. The molecular formula is C20H22N2O. The Bertz CT molecular complexity index is 728. The van der Waals surface area contributed by atoms with Crippen LogP contribution in [0.15, 0.2) is 53.5 Å². The highest BCUT2D eigenvalue weighted by molar-refractivity contribution is 6.47. The lowest BCUT2D eigenvalue weighted by atomic mass is 9.89. The normalized spacial score (nSPS) is 15.6. The molecule has 3 heteroatoms. The Labute approximate surface area is 137 Å². The van der Waals surface area contributed by atoms with Crippen molar-refractivity contribution in [1.82, 2.24) is 0 Å². The van der Waals surface area contributed by atoms with E-state index >= 15 is 0 Å². The fourth-order valence-corrected chi connectivity index (χ4v) is 3.07. The van der Waals surface area contributed by atoms with E-state index in [0.717, 1.165) is 36.3 Å². The van der Waals surface area contributed by atoms with Crippen molar-refractivity contribution in [2.24, 2.45) is 4.99 Å². The topological polar surface area (TPSA) is 32.7 Å². The van der Waals surface area contributed by atoms with E-state index in [1.807, 2.05) is 36.4 Å². The van der Waals surface area contributed by atoms with E-state index in [2.05, 4.69) is 35.9 Å². The van der Waals surface area contributed by atoms with E-state index in [4.69, 9.17) is 0 Å². The highest BCUT2D eigenvalue weighted by Gasteiger charge is 2.22. The number of rotatable bonds is 4. The maximum atomic E-state index is 12.5. The quantitative estimate of drug-likeness (QED) is 0.837. The van der Waals surface area contributed by atoms with Gasteiger partial charge in [0, 0.05) is 24.3 Å². The number of carbonyl (C=O) groups is 1. The minimum atomic E-state index is 0.0691. The van der Waals surface area contributed by atoms with Gasteiger partial charge in [0.15, 0.2) is 0 Å². The van der Waals surface area contributed by atoms with Crippen LogP contribution in [0.3, 0.4) is 0 Å². The lowest BCUT2D eigenvalue weighted by molar-refractivity contribution is 0.106. The average molecular weight is 306 g/mol. The number of nitrogens with zero attached hydrogens (tertiary/aromatic N) is 2. The molecule has 0 radical (unpaired) electrons. The van der Waals surface area contributed by atoms with Gasteiger partial charge in [0.25, 0.3) is 0 Å². The predicted molar refractivity (Wildman–Crippen MR) is 96.2 cm³/mol. The molecule has 0 unspecified atom stereocenters. The smallest absolute Gasteiger partial charge is 0.207 e. The molecule has 1 aliphatic rings. The van der Waals surface area contributed by atoms with Crippen molar-refractivity contribution in [3.8, 4) is 0 Å². The first kappa shape index (κ1) is 15.5. The Hall–Kier alpha value is -2.42. The van der Waals surface area contributed by atoms with Gasteiger partial charge in [0.1, 0.15) is 0 Å². The molecule has 0 N–H and O–H groups in total. The highest BCUT2D eigenvalue weighted by Crippen LogP contribution is 2.24. The molecule has 2 aromatic carbocycles. The standard InChI is InChI=1S/C20H22N2O/c1-3-22(4-2)17-12-10-16(11-13-17)21-19-14-9-15-7-5-6-8-18(15)20(19)23/h5-8,10-13H,3-4,9,14H2,1-2H3. The van der Waals surface area contributed by atoms with Crippen LogP contribution in [-0.4, -0.2) is 24.6 Å². The van der Waals surface area contributed by atoms with Crippen LogP contribution < -0.4 is 4.90 Å². The third-order valence-corrected chi connectivity index (χ3v) is 4.40. The Morgan fingerprint density at radius 1 is 0.957 bits per heavy atom. The Morgan fingerprint density at radius 2 is 1.65 bits per heavy atom. The number of carbonyl (C=O) groups excluding carboxylic acids is 1. The van der Waals surface area contributed by atoms with Crippen molar-refractivity contribution < 1.29 is 4.79 Å². The average Bonchev–Trinajstić information content (AvgIpc) is 2.60. The molecule has 1 aliphatic carbocycles. The number of hydrogen-bond acceptors (Lipinski definition) is 3. The van der Waals surface area contributed by atoms with E-state index in [9.17, 15) is 4.79 Å². The van der Waals surface area contributed by atoms with Crippen LogP contribution >= 0.6 is 0 Å². The number of aliphatic imine (C=N–C) groups is 1. The Kier molecular flexibility index (Phi) is 4.56. The van der Waals surface area contributed by atoms with Crippen LogP contribution in [0.5, 0.6) is 0 Å². The first-order chi connectivity index (χ1) is 11.2. The van der Waals surface area contributed by atoms with Crippen LogP contribution in [0.1, 0.15) is 36.2 Å². The van der Waals surface area contributed by atoms with Gasteiger partial charge in [0.2, 0.25) is 5.78 Å². The zero-order valence-corrected chi connectivity index (χ0v) is 13.7. The van der Waals surface area contributed by atoms with Gasteiger partial charge in [-0.1, -0.05) is 24.3 Å². The predicted octanol–water partition coefficient (Wildman–Crippen LogP) is 4.43. The Morgan fingerprint density at radius 3 is 2.35 bits per heavy atom. The number of anilines is 1. The first-order valence-corrected chi connectivity index (χ1v) is 8.28.